The summed E-state index contributed by atoms with van der Waals surface area (Å²) in [5.74, 6) is 0. The standard InChI is InChI=1S/C19H24N2O.C2H6/c1-20-13-18(22)12-17-11-15-7-3-2-6-14(15)10-16-8-4-5-9-19(16)21-17;1-2/h2-9,17-18,20-22H,10-13H2,1H3;1-2H3. The monoisotopic (exact) mass is 326 g/mol. The fraction of sp³-hybridized carbons (Fsp3) is 0.429. The summed E-state index contributed by atoms with van der Waals surface area (Å²) in [4.78, 5) is 0. The van der Waals surface area contributed by atoms with Crippen molar-refractivity contribution in [1.29, 1.82) is 0 Å². The van der Waals surface area contributed by atoms with Crippen molar-refractivity contribution in [3.05, 3.63) is 65.2 Å². The van der Waals surface area contributed by atoms with Gasteiger partial charge in [0.05, 0.1) is 6.10 Å². The minimum Gasteiger partial charge on any atom is -0.392 e. The van der Waals surface area contributed by atoms with E-state index >= 15 is 0 Å². The van der Waals surface area contributed by atoms with Gasteiger partial charge in [0, 0.05) is 18.3 Å². The van der Waals surface area contributed by atoms with Crippen molar-refractivity contribution in [2.24, 2.45) is 0 Å². The molecule has 0 fully saturated rings. The van der Waals surface area contributed by atoms with E-state index in [9.17, 15) is 5.11 Å². The number of para-hydroxylation sites is 1. The molecule has 0 saturated carbocycles. The maximum atomic E-state index is 10.2. The number of hydrogen-bond acceptors (Lipinski definition) is 3. The molecular formula is C21H30N2O. The summed E-state index contributed by atoms with van der Waals surface area (Å²) in [5.41, 5.74) is 5.29. The lowest BCUT2D eigenvalue weighted by Crippen LogP contribution is -2.33. The van der Waals surface area contributed by atoms with Crippen molar-refractivity contribution < 1.29 is 5.11 Å². The van der Waals surface area contributed by atoms with E-state index in [1.165, 1.54) is 22.4 Å². The van der Waals surface area contributed by atoms with Gasteiger partial charge in [-0.2, -0.15) is 0 Å². The Morgan fingerprint density at radius 1 is 1.04 bits per heavy atom. The van der Waals surface area contributed by atoms with Crippen LogP contribution in [0.4, 0.5) is 5.69 Å². The molecule has 3 heteroatoms. The molecule has 1 heterocycles. The zero-order chi connectivity index (χ0) is 17.4. The van der Waals surface area contributed by atoms with Gasteiger partial charge in [-0.15, -0.1) is 0 Å². The summed E-state index contributed by atoms with van der Waals surface area (Å²) in [7, 11) is 1.87. The first kappa shape index (κ1) is 18.5. The van der Waals surface area contributed by atoms with Gasteiger partial charge >= 0.3 is 0 Å². The second kappa shape index (κ2) is 9.45. The molecule has 3 nitrogen and oxygen atoms in total. The maximum absolute atomic E-state index is 10.2. The third-order valence-corrected chi connectivity index (χ3v) is 4.34. The molecule has 2 aromatic rings. The van der Waals surface area contributed by atoms with E-state index in [1.807, 2.05) is 20.9 Å². The largest absolute Gasteiger partial charge is 0.392 e. The lowest BCUT2D eigenvalue weighted by atomic mass is 9.90. The Kier molecular flexibility index (Phi) is 7.29. The number of anilines is 1. The van der Waals surface area contributed by atoms with Crippen molar-refractivity contribution in [2.75, 3.05) is 18.9 Å². The molecule has 1 aliphatic rings. The zero-order valence-corrected chi connectivity index (χ0v) is 15.0. The highest BCUT2D eigenvalue weighted by Crippen LogP contribution is 2.27. The summed E-state index contributed by atoms with van der Waals surface area (Å²) < 4.78 is 0. The zero-order valence-electron chi connectivity index (χ0n) is 15.0. The molecule has 0 bridgehead atoms. The molecule has 1 aliphatic heterocycles. The van der Waals surface area contributed by atoms with Crippen LogP contribution in [0.15, 0.2) is 48.5 Å². The third kappa shape index (κ3) is 4.83. The minimum atomic E-state index is -0.332. The molecule has 0 radical (unpaired) electrons. The number of hydrogen-bond donors (Lipinski definition) is 3. The lowest BCUT2D eigenvalue weighted by Gasteiger charge is -2.27. The van der Waals surface area contributed by atoms with E-state index in [2.05, 4.69) is 59.2 Å². The average molecular weight is 326 g/mol. The van der Waals surface area contributed by atoms with E-state index in [4.69, 9.17) is 0 Å². The number of aliphatic hydroxyl groups excluding tert-OH is 1. The van der Waals surface area contributed by atoms with Gasteiger partial charge in [0.2, 0.25) is 0 Å². The summed E-state index contributed by atoms with van der Waals surface area (Å²) in [6.45, 7) is 4.63. The van der Waals surface area contributed by atoms with Gasteiger partial charge in [0.15, 0.2) is 0 Å². The second-order valence-electron chi connectivity index (χ2n) is 6.10. The van der Waals surface area contributed by atoms with Crippen LogP contribution in [0.2, 0.25) is 0 Å². The first-order valence-electron chi connectivity index (χ1n) is 9.00. The second-order valence-corrected chi connectivity index (χ2v) is 6.10. The first-order chi connectivity index (χ1) is 11.8. The number of rotatable bonds is 4. The predicted octanol–water partition coefficient (Wildman–Crippen LogP) is 3.61. The highest BCUT2D eigenvalue weighted by molar-refractivity contribution is 5.55. The van der Waals surface area contributed by atoms with E-state index < -0.39 is 0 Å². The van der Waals surface area contributed by atoms with Crippen molar-refractivity contribution >= 4 is 5.69 Å². The Hall–Kier alpha value is -1.84. The summed E-state index contributed by atoms with van der Waals surface area (Å²) in [6, 6.07) is 17.4. The molecule has 0 aliphatic carbocycles. The summed E-state index contributed by atoms with van der Waals surface area (Å²) >= 11 is 0. The predicted molar refractivity (Wildman–Crippen MR) is 103 cm³/mol. The molecule has 2 atom stereocenters. The lowest BCUT2D eigenvalue weighted by molar-refractivity contribution is 0.157. The van der Waals surface area contributed by atoms with Gasteiger partial charge < -0.3 is 15.7 Å². The Morgan fingerprint density at radius 2 is 1.67 bits per heavy atom. The van der Waals surface area contributed by atoms with Crippen LogP contribution < -0.4 is 10.6 Å². The van der Waals surface area contributed by atoms with Crippen LogP contribution in [0.5, 0.6) is 0 Å². The molecule has 2 unspecified atom stereocenters. The molecule has 3 rings (SSSR count). The molecule has 3 N–H and O–H groups in total. The Bertz CT molecular complexity index is 579. The molecule has 0 aromatic heterocycles. The van der Waals surface area contributed by atoms with Crippen molar-refractivity contribution in [2.45, 2.75) is 45.3 Å². The SMILES string of the molecule is CC.CNCC(O)CC1Cc2ccccc2Cc2ccccc2N1. The topological polar surface area (TPSA) is 44.3 Å². The summed E-state index contributed by atoms with van der Waals surface area (Å²) in [6.07, 6.45) is 2.32. The minimum absolute atomic E-state index is 0.242. The molecule has 2 aromatic carbocycles. The molecule has 0 amide bonds. The number of likely N-dealkylation sites (N-methyl/N-ethyl adjacent to an activating group) is 1. The van der Waals surface area contributed by atoms with Crippen LogP contribution in [0.3, 0.4) is 0 Å². The molecule has 0 saturated heterocycles. The number of nitrogens with one attached hydrogen (secondary N) is 2. The highest BCUT2D eigenvalue weighted by atomic mass is 16.3. The fourth-order valence-corrected chi connectivity index (χ4v) is 3.28. The number of benzene rings is 2. The highest BCUT2D eigenvalue weighted by Gasteiger charge is 2.20. The summed E-state index contributed by atoms with van der Waals surface area (Å²) in [5, 5.41) is 16.8. The first-order valence-corrected chi connectivity index (χ1v) is 9.00. The van der Waals surface area contributed by atoms with Crippen LogP contribution >= 0.6 is 0 Å². The number of fused-ring (bicyclic) bond motifs is 2. The van der Waals surface area contributed by atoms with Gasteiger partial charge in [-0.1, -0.05) is 56.3 Å². The van der Waals surface area contributed by atoms with Gasteiger partial charge in [-0.05, 0) is 49.1 Å². The molecule has 0 spiro atoms. The van der Waals surface area contributed by atoms with Crippen molar-refractivity contribution in [3.63, 3.8) is 0 Å². The van der Waals surface area contributed by atoms with Gasteiger partial charge in [0.25, 0.3) is 0 Å². The van der Waals surface area contributed by atoms with E-state index in [-0.39, 0.29) is 12.1 Å². The molecular weight excluding hydrogens is 296 g/mol. The van der Waals surface area contributed by atoms with E-state index in [0.29, 0.717) is 6.54 Å². The van der Waals surface area contributed by atoms with Crippen LogP contribution in [0.1, 0.15) is 37.0 Å². The van der Waals surface area contributed by atoms with Crippen LogP contribution in [-0.4, -0.2) is 30.8 Å². The Balaban J connectivity index is 0.00000100. The number of aliphatic hydroxyl groups is 1. The van der Waals surface area contributed by atoms with Gasteiger partial charge in [-0.3, -0.25) is 0 Å². The Labute approximate surface area is 146 Å². The fourth-order valence-electron chi connectivity index (χ4n) is 3.28. The van der Waals surface area contributed by atoms with Gasteiger partial charge in [-0.25, -0.2) is 0 Å². The van der Waals surface area contributed by atoms with Crippen LogP contribution in [0.25, 0.3) is 0 Å². The maximum Gasteiger partial charge on any atom is 0.0684 e. The molecule has 130 valence electrons. The van der Waals surface area contributed by atoms with Crippen molar-refractivity contribution in [3.8, 4) is 0 Å². The van der Waals surface area contributed by atoms with Gasteiger partial charge in [0.1, 0.15) is 0 Å². The van der Waals surface area contributed by atoms with Crippen LogP contribution in [0, 0.1) is 0 Å². The third-order valence-electron chi connectivity index (χ3n) is 4.34. The average Bonchev–Trinajstić information content (AvgIpc) is 2.58. The van der Waals surface area contributed by atoms with E-state index in [0.717, 1.165) is 19.3 Å². The Morgan fingerprint density at radius 3 is 2.38 bits per heavy atom. The van der Waals surface area contributed by atoms with Crippen molar-refractivity contribution in [1.82, 2.24) is 5.32 Å². The smallest absolute Gasteiger partial charge is 0.0684 e. The van der Waals surface area contributed by atoms with E-state index in [1.54, 1.807) is 0 Å². The normalized spacial score (nSPS) is 17.1. The van der Waals surface area contributed by atoms with Crippen LogP contribution in [-0.2, 0) is 12.8 Å². The molecule has 24 heavy (non-hydrogen) atoms. The quantitative estimate of drug-likeness (QED) is 0.804.